The van der Waals surface area contributed by atoms with Crippen molar-refractivity contribution in [2.45, 2.75) is 70.0 Å². The number of rotatable bonds is 10. The highest BCUT2D eigenvalue weighted by Gasteiger charge is 2.33. The zero-order chi connectivity index (χ0) is 28.9. The van der Waals surface area contributed by atoms with Gasteiger partial charge >= 0.3 is 0 Å². The maximum absolute atomic E-state index is 14.0. The molecule has 1 saturated carbocycles. The number of anilines is 1. The molecule has 1 fully saturated rings. The first-order valence-corrected chi connectivity index (χ1v) is 15.4. The van der Waals surface area contributed by atoms with Crippen LogP contribution in [-0.4, -0.2) is 43.8 Å². The van der Waals surface area contributed by atoms with Gasteiger partial charge in [-0.3, -0.25) is 13.9 Å². The van der Waals surface area contributed by atoms with Crippen molar-refractivity contribution in [3.05, 3.63) is 94.5 Å². The van der Waals surface area contributed by atoms with Crippen LogP contribution in [0.2, 0.25) is 5.02 Å². The summed E-state index contributed by atoms with van der Waals surface area (Å²) >= 11 is 6.21. The van der Waals surface area contributed by atoms with Gasteiger partial charge in [0.15, 0.2) is 0 Å². The van der Waals surface area contributed by atoms with E-state index in [0.717, 1.165) is 46.7 Å². The number of halogens is 1. The molecule has 4 rings (SSSR count). The number of nitrogens with zero attached hydrogens (tertiary/aromatic N) is 2. The Morgan fingerprint density at radius 3 is 2.15 bits per heavy atom. The summed E-state index contributed by atoms with van der Waals surface area (Å²) in [6.07, 6.45) is 3.95. The van der Waals surface area contributed by atoms with Crippen molar-refractivity contribution in [1.82, 2.24) is 10.2 Å². The van der Waals surface area contributed by atoms with Crippen molar-refractivity contribution in [2.24, 2.45) is 0 Å². The molecule has 1 aliphatic carbocycles. The molecule has 0 spiro atoms. The summed E-state index contributed by atoms with van der Waals surface area (Å²) in [5.74, 6) is -0.754. The molecule has 212 valence electrons. The van der Waals surface area contributed by atoms with Crippen molar-refractivity contribution in [2.75, 3.05) is 10.8 Å². The van der Waals surface area contributed by atoms with Crippen LogP contribution in [-0.2, 0) is 26.2 Å². The topological polar surface area (TPSA) is 86.8 Å². The smallest absolute Gasteiger partial charge is 0.264 e. The number of aryl methyl sites for hydroxylation is 2. The lowest BCUT2D eigenvalue weighted by Crippen LogP contribution is -2.52. The second-order valence-electron chi connectivity index (χ2n) is 10.5. The average molecular weight is 582 g/mol. The molecule has 1 N–H and O–H groups in total. The third kappa shape index (κ3) is 7.23. The van der Waals surface area contributed by atoms with Crippen LogP contribution < -0.4 is 9.62 Å². The number of nitrogens with one attached hydrogen (secondary N) is 1. The van der Waals surface area contributed by atoms with Crippen molar-refractivity contribution in [1.29, 1.82) is 0 Å². The average Bonchev–Trinajstić information content (AvgIpc) is 3.44. The summed E-state index contributed by atoms with van der Waals surface area (Å²) in [4.78, 5) is 28.8. The number of hydrogen-bond donors (Lipinski definition) is 1. The van der Waals surface area contributed by atoms with Gasteiger partial charge in [0, 0.05) is 17.6 Å². The minimum Gasteiger partial charge on any atom is -0.352 e. The summed E-state index contributed by atoms with van der Waals surface area (Å²) in [7, 11) is -4.09. The van der Waals surface area contributed by atoms with E-state index >= 15 is 0 Å². The molecule has 3 aromatic rings. The number of hydrogen-bond acceptors (Lipinski definition) is 4. The van der Waals surface area contributed by atoms with E-state index in [1.807, 2.05) is 19.9 Å². The van der Waals surface area contributed by atoms with E-state index in [-0.39, 0.29) is 23.4 Å². The Hall–Kier alpha value is -3.36. The largest absolute Gasteiger partial charge is 0.352 e. The van der Waals surface area contributed by atoms with E-state index in [4.69, 9.17) is 11.6 Å². The molecular weight excluding hydrogens is 546 g/mol. The molecule has 0 aromatic heterocycles. The molecule has 0 aliphatic heterocycles. The molecule has 0 saturated heterocycles. The molecule has 2 amide bonds. The minimum atomic E-state index is -4.09. The van der Waals surface area contributed by atoms with Gasteiger partial charge in [-0.05, 0) is 75.6 Å². The Labute approximate surface area is 242 Å². The van der Waals surface area contributed by atoms with Crippen LogP contribution in [0.15, 0.2) is 77.7 Å². The molecule has 40 heavy (non-hydrogen) atoms. The molecule has 0 radical (unpaired) electrons. The van der Waals surface area contributed by atoms with Crippen LogP contribution in [0.3, 0.4) is 0 Å². The van der Waals surface area contributed by atoms with Gasteiger partial charge < -0.3 is 10.2 Å². The normalized spacial score (nSPS) is 14.5. The minimum absolute atomic E-state index is 0.0832. The first-order valence-electron chi connectivity index (χ1n) is 13.5. The lowest BCUT2D eigenvalue weighted by molar-refractivity contribution is -0.139. The van der Waals surface area contributed by atoms with Crippen molar-refractivity contribution in [3.63, 3.8) is 0 Å². The van der Waals surface area contributed by atoms with Crippen molar-refractivity contribution < 1.29 is 18.0 Å². The molecule has 0 heterocycles. The maximum atomic E-state index is 14.0. The summed E-state index contributed by atoms with van der Waals surface area (Å²) < 4.78 is 28.9. The van der Waals surface area contributed by atoms with E-state index in [0.29, 0.717) is 10.7 Å². The van der Waals surface area contributed by atoms with Gasteiger partial charge in [0.25, 0.3) is 10.0 Å². The Morgan fingerprint density at radius 2 is 1.55 bits per heavy atom. The molecule has 1 aliphatic rings. The Morgan fingerprint density at radius 1 is 0.950 bits per heavy atom. The number of carbonyl (C=O) groups excluding carboxylic acids is 2. The standard InChI is InChI=1S/C31H36ClN3O4S/c1-22-11-15-28(16-12-22)35(40(38,39)29-17-13-23(2)14-18-29)21-30(36)34(20-25-7-6-8-26(32)19-25)24(3)31(37)33-27-9-4-5-10-27/h6-8,11-19,24,27H,4-5,9-10,20-21H2,1-3H3,(H,33,37). The third-order valence-corrected chi connectivity index (χ3v) is 9.34. The predicted octanol–water partition coefficient (Wildman–Crippen LogP) is 5.63. The molecule has 1 unspecified atom stereocenters. The quantitative estimate of drug-likeness (QED) is 0.336. The van der Waals surface area contributed by atoms with E-state index in [9.17, 15) is 18.0 Å². The summed E-state index contributed by atoms with van der Waals surface area (Å²) in [6.45, 7) is 5.10. The van der Waals surface area contributed by atoms with E-state index in [1.165, 1.54) is 17.0 Å². The summed E-state index contributed by atoms with van der Waals surface area (Å²) in [6, 6.07) is 19.9. The highest BCUT2D eigenvalue weighted by Crippen LogP contribution is 2.26. The summed E-state index contributed by atoms with van der Waals surface area (Å²) in [5, 5.41) is 3.58. The highest BCUT2D eigenvalue weighted by molar-refractivity contribution is 7.92. The van der Waals surface area contributed by atoms with Gasteiger partial charge in [-0.25, -0.2) is 8.42 Å². The first kappa shape index (κ1) is 29.6. The molecule has 9 heteroatoms. The zero-order valence-corrected chi connectivity index (χ0v) is 24.7. The van der Waals surface area contributed by atoms with E-state index in [1.54, 1.807) is 61.5 Å². The monoisotopic (exact) mass is 581 g/mol. The predicted molar refractivity (Wildman–Crippen MR) is 159 cm³/mol. The number of benzene rings is 3. The number of sulfonamides is 1. The summed E-state index contributed by atoms with van der Waals surface area (Å²) in [5.41, 5.74) is 2.99. The third-order valence-electron chi connectivity index (χ3n) is 7.32. The molecule has 3 aromatic carbocycles. The van der Waals surface area contributed by atoms with Crippen LogP contribution in [0.4, 0.5) is 5.69 Å². The van der Waals surface area contributed by atoms with Gasteiger partial charge in [-0.15, -0.1) is 0 Å². The zero-order valence-electron chi connectivity index (χ0n) is 23.1. The van der Waals surface area contributed by atoms with E-state index < -0.39 is 28.5 Å². The highest BCUT2D eigenvalue weighted by atomic mass is 35.5. The van der Waals surface area contributed by atoms with Gasteiger partial charge in [-0.2, -0.15) is 0 Å². The van der Waals surface area contributed by atoms with Gasteiger partial charge in [0.05, 0.1) is 10.6 Å². The van der Waals surface area contributed by atoms with Crippen LogP contribution in [0.5, 0.6) is 0 Å². The fourth-order valence-electron chi connectivity index (χ4n) is 4.88. The van der Waals surface area contributed by atoms with Gasteiger partial charge in [0.2, 0.25) is 11.8 Å². The Kier molecular flexibility index (Phi) is 9.53. The van der Waals surface area contributed by atoms with Crippen molar-refractivity contribution in [3.8, 4) is 0 Å². The van der Waals surface area contributed by atoms with Crippen LogP contribution in [0, 0.1) is 13.8 Å². The second-order valence-corrected chi connectivity index (χ2v) is 12.8. The first-order chi connectivity index (χ1) is 19.0. The lowest BCUT2D eigenvalue weighted by Gasteiger charge is -2.32. The van der Waals surface area contributed by atoms with Crippen LogP contribution in [0.1, 0.15) is 49.3 Å². The van der Waals surface area contributed by atoms with Crippen LogP contribution in [0.25, 0.3) is 0 Å². The maximum Gasteiger partial charge on any atom is 0.264 e. The van der Waals surface area contributed by atoms with E-state index in [2.05, 4.69) is 5.32 Å². The Balaban J connectivity index is 1.68. The molecular formula is C31H36ClN3O4S. The molecule has 7 nitrogen and oxygen atoms in total. The number of amides is 2. The molecule has 1 atom stereocenters. The molecule has 0 bridgehead atoms. The SMILES string of the molecule is Cc1ccc(N(CC(=O)N(Cc2cccc(Cl)c2)C(C)C(=O)NC2CCCC2)S(=O)(=O)c2ccc(C)cc2)cc1. The van der Waals surface area contributed by atoms with Gasteiger partial charge in [-0.1, -0.05) is 72.0 Å². The lowest BCUT2D eigenvalue weighted by atomic mass is 10.1. The number of carbonyl (C=O) groups is 2. The fraction of sp³-hybridized carbons (Fsp3) is 0.355. The Bertz CT molecular complexity index is 1440. The fourth-order valence-corrected chi connectivity index (χ4v) is 6.51. The van der Waals surface area contributed by atoms with Crippen molar-refractivity contribution >= 4 is 39.1 Å². The van der Waals surface area contributed by atoms with Gasteiger partial charge in [0.1, 0.15) is 12.6 Å². The van der Waals surface area contributed by atoms with Crippen LogP contribution >= 0.6 is 11.6 Å². The second kappa shape index (κ2) is 12.9.